The number of unbranched alkanes of at least 4 members (excludes halogenated alkanes) is 1. The number of likely N-dealkylation sites (N-methyl/N-ethyl adjacent to an activating group) is 1. The summed E-state index contributed by atoms with van der Waals surface area (Å²) < 4.78 is 0. The third kappa shape index (κ3) is 4.20. The molecule has 3 nitrogen and oxygen atoms in total. The first kappa shape index (κ1) is 14.8. The van der Waals surface area contributed by atoms with Crippen molar-refractivity contribution in [1.82, 2.24) is 9.80 Å². The number of rotatable bonds is 8. The number of hydrogen-bond acceptors (Lipinski definition) is 2. The maximum absolute atomic E-state index is 12.6. The van der Waals surface area contributed by atoms with Crippen molar-refractivity contribution >= 4 is 5.91 Å². The fourth-order valence-corrected chi connectivity index (χ4v) is 3.24. The van der Waals surface area contributed by atoms with Gasteiger partial charge < -0.3 is 4.90 Å². The molecule has 2 saturated carbocycles. The summed E-state index contributed by atoms with van der Waals surface area (Å²) in [7, 11) is 0. The molecule has 0 spiro atoms. The van der Waals surface area contributed by atoms with Crippen molar-refractivity contribution in [1.29, 1.82) is 0 Å². The van der Waals surface area contributed by atoms with E-state index in [0.717, 1.165) is 13.1 Å². The predicted octanol–water partition coefficient (Wildman–Crippen LogP) is 3.04. The molecule has 110 valence electrons. The molecule has 0 N–H and O–H groups in total. The summed E-state index contributed by atoms with van der Waals surface area (Å²) in [4.78, 5) is 17.2. The molecule has 2 aliphatic carbocycles. The van der Waals surface area contributed by atoms with Crippen molar-refractivity contribution in [3.05, 3.63) is 0 Å². The highest BCUT2D eigenvalue weighted by Crippen LogP contribution is 2.34. The minimum Gasteiger partial charge on any atom is -0.336 e. The summed E-state index contributed by atoms with van der Waals surface area (Å²) >= 11 is 0. The van der Waals surface area contributed by atoms with Gasteiger partial charge in [0, 0.05) is 12.1 Å². The maximum atomic E-state index is 12.6. The molecule has 0 aromatic heterocycles. The Bertz CT molecular complexity index is 282. The monoisotopic (exact) mass is 266 g/mol. The normalized spacial score (nSPS) is 20.2. The lowest BCUT2D eigenvalue weighted by Crippen LogP contribution is -2.46. The third-order valence-corrected chi connectivity index (χ3v) is 4.58. The molecule has 0 aromatic rings. The van der Waals surface area contributed by atoms with Gasteiger partial charge in [-0.05, 0) is 45.2 Å². The van der Waals surface area contributed by atoms with E-state index in [1.165, 1.54) is 51.4 Å². The second kappa shape index (κ2) is 7.28. The van der Waals surface area contributed by atoms with Crippen LogP contribution in [-0.4, -0.2) is 47.4 Å². The van der Waals surface area contributed by atoms with Gasteiger partial charge in [0.1, 0.15) is 0 Å². The van der Waals surface area contributed by atoms with E-state index >= 15 is 0 Å². The highest BCUT2D eigenvalue weighted by molar-refractivity contribution is 5.79. The number of nitrogens with zero attached hydrogens (tertiary/aromatic N) is 2. The standard InChI is InChI=1S/C16H30N2O/c1-3-5-12-17(4-2)13-16(19)18(15-10-11-15)14-8-6-7-9-14/h14-15H,3-13H2,1-2H3. The van der Waals surface area contributed by atoms with E-state index in [4.69, 9.17) is 0 Å². The minimum atomic E-state index is 0.396. The zero-order valence-corrected chi connectivity index (χ0v) is 12.7. The van der Waals surface area contributed by atoms with Crippen molar-refractivity contribution in [2.45, 2.75) is 77.3 Å². The van der Waals surface area contributed by atoms with E-state index in [9.17, 15) is 4.79 Å². The van der Waals surface area contributed by atoms with Crippen LogP contribution in [0.3, 0.4) is 0 Å². The van der Waals surface area contributed by atoms with Gasteiger partial charge in [0.25, 0.3) is 0 Å². The van der Waals surface area contributed by atoms with Crippen molar-refractivity contribution in [2.24, 2.45) is 0 Å². The largest absolute Gasteiger partial charge is 0.336 e. The molecular weight excluding hydrogens is 236 g/mol. The van der Waals surface area contributed by atoms with Crippen LogP contribution in [0.1, 0.15) is 65.2 Å². The Morgan fingerprint density at radius 2 is 1.68 bits per heavy atom. The van der Waals surface area contributed by atoms with Gasteiger partial charge in [-0.1, -0.05) is 33.1 Å². The molecule has 0 heterocycles. The zero-order chi connectivity index (χ0) is 13.7. The van der Waals surface area contributed by atoms with Gasteiger partial charge in [0.2, 0.25) is 5.91 Å². The molecule has 2 rings (SSSR count). The lowest BCUT2D eigenvalue weighted by Gasteiger charge is -2.31. The lowest BCUT2D eigenvalue weighted by molar-refractivity contribution is -0.135. The van der Waals surface area contributed by atoms with E-state index < -0.39 is 0 Å². The second-order valence-electron chi connectivity index (χ2n) is 6.19. The molecule has 2 fully saturated rings. The average Bonchev–Trinajstić information content (AvgIpc) is 3.09. The molecule has 0 aromatic carbocycles. The third-order valence-electron chi connectivity index (χ3n) is 4.58. The fraction of sp³-hybridized carbons (Fsp3) is 0.938. The Morgan fingerprint density at radius 3 is 2.21 bits per heavy atom. The fourth-order valence-electron chi connectivity index (χ4n) is 3.24. The zero-order valence-electron chi connectivity index (χ0n) is 12.7. The van der Waals surface area contributed by atoms with Gasteiger partial charge in [-0.2, -0.15) is 0 Å². The van der Waals surface area contributed by atoms with Crippen LogP contribution in [0.2, 0.25) is 0 Å². The molecule has 19 heavy (non-hydrogen) atoms. The summed E-state index contributed by atoms with van der Waals surface area (Å²) in [6.07, 6.45) is 10.00. The highest BCUT2D eigenvalue weighted by atomic mass is 16.2. The SMILES string of the molecule is CCCCN(CC)CC(=O)N(C1CCCC1)C1CC1. The second-order valence-corrected chi connectivity index (χ2v) is 6.19. The van der Waals surface area contributed by atoms with Crippen LogP contribution >= 0.6 is 0 Å². The molecule has 0 aliphatic heterocycles. The van der Waals surface area contributed by atoms with Gasteiger partial charge in [0.15, 0.2) is 0 Å². The van der Waals surface area contributed by atoms with Gasteiger partial charge in [-0.15, -0.1) is 0 Å². The number of hydrogen-bond donors (Lipinski definition) is 0. The van der Waals surface area contributed by atoms with Crippen LogP contribution in [-0.2, 0) is 4.79 Å². The van der Waals surface area contributed by atoms with Crippen LogP contribution in [0.25, 0.3) is 0 Å². The van der Waals surface area contributed by atoms with Crippen molar-refractivity contribution in [3.63, 3.8) is 0 Å². The van der Waals surface area contributed by atoms with E-state index in [1.54, 1.807) is 0 Å². The van der Waals surface area contributed by atoms with Crippen molar-refractivity contribution in [3.8, 4) is 0 Å². The Morgan fingerprint density at radius 1 is 1.05 bits per heavy atom. The van der Waals surface area contributed by atoms with Crippen LogP contribution in [0.15, 0.2) is 0 Å². The van der Waals surface area contributed by atoms with E-state index in [2.05, 4.69) is 23.6 Å². The molecule has 0 atom stereocenters. The van der Waals surface area contributed by atoms with Gasteiger partial charge in [0.05, 0.1) is 6.54 Å². The number of amides is 1. The Balaban J connectivity index is 1.87. The van der Waals surface area contributed by atoms with Crippen LogP contribution in [0.5, 0.6) is 0 Å². The molecule has 0 saturated heterocycles. The Kier molecular flexibility index (Phi) is 5.68. The van der Waals surface area contributed by atoms with E-state index in [1.807, 2.05) is 0 Å². The Labute approximate surface area is 118 Å². The molecule has 0 unspecified atom stereocenters. The predicted molar refractivity (Wildman–Crippen MR) is 79.1 cm³/mol. The molecule has 0 radical (unpaired) electrons. The minimum absolute atomic E-state index is 0.396. The molecule has 3 heteroatoms. The summed E-state index contributed by atoms with van der Waals surface area (Å²) in [5.74, 6) is 0.396. The van der Waals surface area contributed by atoms with Crippen LogP contribution in [0, 0.1) is 0 Å². The van der Waals surface area contributed by atoms with Gasteiger partial charge >= 0.3 is 0 Å². The first-order chi connectivity index (χ1) is 9.26. The summed E-state index contributed by atoms with van der Waals surface area (Å²) in [6, 6.07) is 1.14. The molecule has 0 bridgehead atoms. The number of carbonyl (C=O) groups excluding carboxylic acids is 1. The maximum Gasteiger partial charge on any atom is 0.237 e. The van der Waals surface area contributed by atoms with Crippen LogP contribution < -0.4 is 0 Å². The quantitative estimate of drug-likeness (QED) is 0.674. The molecule has 2 aliphatic rings. The summed E-state index contributed by atoms with van der Waals surface area (Å²) in [5.41, 5.74) is 0. The van der Waals surface area contributed by atoms with E-state index in [0.29, 0.717) is 24.5 Å². The Hall–Kier alpha value is -0.570. The average molecular weight is 266 g/mol. The highest BCUT2D eigenvalue weighted by Gasteiger charge is 2.38. The molecular formula is C16H30N2O. The van der Waals surface area contributed by atoms with Gasteiger partial charge in [-0.3, -0.25) is 9.69 Å². The van der Waals surface area contributed by atoms with E-state index in [-0.39, 0.29) is 0 Å². The smallest absolute Gasteiger partial charge is 0.237 e. The first-order valence-electron chi connectivity index (χ1n) is 8.29. The van der Waals surface area contributed by atoms with Gasteiger partial charge in [-0.25, -0.2) is 0 Å². The summed E-state index contributed by atoms with van der Waals surface area (Å²) in [6.45, 7) is 7.09. The topological polar surface area (TPSA) is 23.6 Å². The lowest BCUT2D eigenvalue weighted by atomic mass is 10.2. The summed E-state index contributed by atoms with van der Waals surface area (Å²) in [5, 5.41) is 0. The van der Waals surface area contributed by atoms with Crippen molar-refractivity contribution in [2.75, 3.05) is 19.6 Å². The molecule has 1 amide bonds. The first-order valence-corrected chi connectivity index (χ1v) is 8.29. The van der Waals surface area contributed by atoms with Crippen molar-refractivity contribution < 1.29 is 4.79 Å². The van der Waals surface area contributed by atoms with Crippen LogP contribution in [0.4, 0.5) is 0 Å². The number of carbonyl (C=O) groups is 1.